The quantitative estimate of drug-likeness (QED) is 0.610. The van der Waals surface area contributed by atoms with Gasteiger partial charge < -0.3 is 4.74 Å². The third-order valence-electron chi connectivity index (χ3n) is 2.73. The predicted molar refractivity (Wildman–Crippen MR) is 66.7 cm³/mol. The SMILES string of the molecule is COc1cc(C(NN)c2cnccc2C)ncn1. The van der Waals surface area contributed by atoms with Crippen molar-refractivity contribution in [2.45, 2.75) is 13.0 Å². The number of hydrogen-bond acceptors (Lipinski definition) is 6. The average Bonchev–Trinajstić information content (AvgIpc) is 2.42. The summed E-state index contributed by atoms with van der Waals surface area (Å²) in [5, 5.41) is 0. The molecule has 2 aromatic heterocycles. The van der Waals surface area contributed by atoms with Gasteiger partial charge in [-0.25, -0.2) is 15.4 Å². The second-order valence-corrected chi connectivity index (χ2v) is 3.82. The first-order chi connectivity index (χ1) is 8.76. The molecule has 94 valence electrons. The number of hydrogen-bond donors (Lipinski definition) is 2. The number of ether oxygens (including phenoxy) is 1. The number of aryl methyl sites for hydroxylation is 1. The van der Waals surface area contributed by atoms with Gasteiger partial charge in [-0.2, -0.15) is 0 Å². The van der Waals surface area contributed by atoms with E-state index in [1.807, 2.05) is 13.0 Å². The zero-order valence-corrected chi connectivity index (χ0v) is 10.3. The van der Waals surface area contributed by atoms with Gasteiger partial charge in [0.1, 0.15) is 6.33 Å². The number of methoxy groups -OCH3 is 1. The summed E-state index contributed by atoms with van der Waals surface area (Å²) >= 11 is 0. The summed E-state index contributed by atoms with van der Waals surface area (Å²) in [7, 11) is 1.56. The highest BCUT2D eigenvalue weighted by Gasteiger charge is 2.17. The van der Waals surface area contributed by atoms with Crippen molar-refractivity contribution >= 4 is 0 Å². The fourth-order valence-electron chi connectivity index (χ4n) is 1.74. The zero-order valence-electron chi connectivity index (χ0n) is 10.3. The second-order valence-electron chi connectivity index (χ2n) is 3.82. The van der Waals surface area contributed by atoms with E-state index >= 15 is 0 Å². The molecule has 0 fully saturated rings. The van der Waals surface area contributed by atoms with E-state index in [0.29, 0.717) is 5.88 Å². The van der Waals surface area contributed by atoms with Crippen LogP contribution in [0.3, 0.4) is 0 Å². The third kappa shape index (κ3) is 2.44. The molecule has 3 N–H and O–H groups in total. The molecule has 0 amide bonds. The molecule has 0 aliphatic rings. The molecule has 1 unspecified atom stereocenters. The van der Waals surface area contributed by atoms with Crippen LogP contribution in [0.25, 0.3) is 0 Å². The van der Waals surface area contributed by atoms with E-state index in [9.17, 15) is 0 Å². The zero-order chi connectivity index (χ0) is 13.0. The first kappa shape index (κ1) is 12.4. The maximum Gasteiger partial charge on any atom is 0.216 e. The maximum atomic E-state index is 5.62. The number of pyridine rings is 1. The van der Waals surface area contributed by atoms with Gasteiger partial charge in [-0.15, -0.1) is 0 Å². The molecular weight excluding hydrogens is 230 g/mol. The van der Waals surface area contributed by atoms with Crippen molar-refractivity contribution in [1.29, 1.82) is 0 Å². The van der Waals surface area contributed by atoms with Crippen molar-refractivity contribution in [3.8, 4) is 5.88 Å². The third-order valence-corrected chi connectivity index (χ3v) is 2.73. The number of rotatable bonds is 4. The molecule has 0 saturated carbocycles. The molecule has 0 bridgehead atoms. The molecule has 0 aliphatic carbocycles. The van der Waals surface area contributed by atoms with Crippen LogP contribution in [-0.2, 0) is 0 Å². The highest BCUT2D eigenvalue weighted by Crippen LogP contribution is 2.23. The van der Waals surface area contributed by atoms with Crippen molar-refractivity contribution in [1.82, 2.24) is 20.4 Å². The molecule has 1 atom stereocenters. The van der Waals surface area contributed by atoms with Crippen molar-refractivity contribution in [2.24, 2.45) is 5.84 Å². The highest BCUT2D eigenvalue weighted by molar-refractivity contribution is 5.32. The summed E-state index contributed by atoms with van der Waals surface area (Å²) < 4.78 is 5.08. The Morgan fingerprint density at radius 2 is 2.22 bits per heavy atom. The van der Waals surface area contributed by atoms with Crippen LogP contribution in [-0.4, -0.2) is 22.1 Å². The predicted octanol–water partition coefficient (Wildman–Crippen LogP) is 0.741. The Kier molecular flexibility index (Phi) is 3.81. The van der Waals surface area contributed by atoms with E-state index in [1.54, 1.807) is 25.6 Å². The Balaban J connectivity index is 2.42. The average molecular weight is 245 g/mol. The van der Waals surface area contributed by atoms with Crippen LogP contribution in [0.5, 0.6) is 5.88 Å². The van der Waals surface area contributed by atoms with E-state index < -0.39 is 0 Å². The summed E-state index contributed by atoms with van der Waals surface area (Å²) in [6, 6.07) is 3.44. The number of aromatic nitrogens is 3. The smallest absolute Gasteiger partial charge is 0.216 e. The van der Waals surface area contributed by atoms with Crippen LogP contribution in [0.15, 0.2) is 30.9 Å². The van der Waals surface area contributed by atoms with E-state index in [4.69, 9.17) is 10.6 Å². The minimum Gasteiger partial charge on any atom is -0.481 e. The van der Waals surface area contributed by atoms with Gasteiger partial charge in [0.2, 0.25) is 5.88 Å². The van der Waals surface area contributed by atoms with Crippen molar-refractivity contribution in [2.75, 3.05) is 7.11 Å². The van der Waals surface area contributed by atoms with Crippen molar-refractivity contribution in [3.63, 3.8) is 0 Å². The Bertz CT molecular complexity index is 531. The van der Waals surface area contributed by atoms with Crippen molar-refractivity contribution < 1.29 is 4.74 Å². The Labute approximate surface area is 105 Å². The molecule has 0 radical (unpaired) electrons. The Morgan fingerprint density at radius 3 is 2.89 bits per heavy atom. The summed E-state index contributed by atoms with van der Waals surface area (Å²) in [4.78, 5) is 12.3. The molecule has 2 heterocycles. The van der Waals surface area contributed by atoms with Crippen molar-refractivity contribution in [3.05, 3.63) is 47.7 Å². The molecule has 6 heteroatoms. The molecule has 0 aromatic carbocycles. The minimum absolute atomic E-state index is 0.240. The van der Waals surface area contributed by atoms with Crippen LogP contribution < -0.4 is 16.0 Å². The molecule has 0 spiro atoms. The lowest BCUT2D eigenvalue weighted by Gasteiger charge is -2.17. The van der Waals surface area contributed by atoms with E-state index in [1.165, 1.54) is 6.33 Å². The fraction of sp³-hybridized carbons (Fsp3) is 0.250. The Hall–Kier alpha value is -2.05. The molecule has 6 nitrogen and oxygen atoms in total. The lowest BCUT2D eigenvalue weighted by molar-refractivity contribution is 0.395. The highest BCUT2D eigenvalue weighted by atomic mass is 16.5. The summed E-state index contributed by atoms with van der Waals surface area (Å²) in [6.07, 6.45) is 4.96. The van der Waals surface area contributed by atoms with E-state index in [-0.39, 0.29) is 6.04 Å². The Morgan fingerprint density at radius 1 is 1.39 bits per heavy atom. The van der Waals surface area contributed by atoms with Gasteiger partial charge in [0, 0.05) is 18.5 Å². The number of nitrogens with zero attached hydrogens (tertiary/aromatic N) is 3. The van der Waals surface area contributed by atoms with Crippen LogP contribution in [0.4, 0.5) is 0 Å². The fourth-order valence-corrected chi connectivity index (χ4v) is 1.74. The molecular formula is C12H15N5O. The topological polar surface area (TPSA) is 86.0 Å². The first-order valence-corrected chi connectivity index (χ1v) is 5.49. The van der Waals surface area contributed by atoms with Crippen LogP contribution in [0, 0.1) is 6.92 Å². The van der Waals surface area contributed by atoms with Gasteiger partial charge in [-0.3, -0.25) is 10.8 Å². The molecule has 2 rings (SSSR count). The van der Waals surface area contributed by atoms with Crippen LogP contribution in [0.1, 0.15) is 22.9 Å². The monoisotopic (exact) mass is 245 g/mol. The molecule has 0 saturated heterocycles. The summed E-state index contributed by atoms with van der Waals surface area (Å²) in [5.74, 6) is 6.12. The molecule has 18 heavy (non-hydrogen) atoms. The van der Waals surface area contributed by atoms with Crippen LogP contribution >= 0.6 is 0 Å². The minimum atomic E-state index is -0.240. The maximum absolute atomic E-state index is 5.62. The van der Waals surface area contributed by atoms with E-state index in [0.717, 1.165) is 16.8 Å². The molecule has 2 aromatic rings. The first-order valence-electron chi connectivity index (χ1n) is 5.49. The number of hydrazine groups is 1. The molecule has 0 aliphatic heterocycles. The van der Waals surface area contributed by atoms with E-state index in [2.05, 4.69) is 20.4 Å². The van der Waals surface area contributed by atoms with Gasteiger partial charge in [-0.1, -0.05) is 0 Å². The number of nitrogens with two attached hydrogens (primary N) is 1. The lowest BCUT2D eigenvalue weighted by atomic mass is 10.0. The van der Waals surface area contributed by atoms with Gasteiger partial charge >= 0.3 is 0 Å². The summed E-state index contributed by atoms with van der Waals surface area (Å²) in [5.41, 5.74) is 5.54. The van der Waals surface area contributed by atoms with Gasteiger partial charge in [0.05, 0.1) is 18.8 Å². The van der Waals surface area contributed by atoms with Gasteiger partial charge in [0.15, 0.2) is 0 Å². The standard InChI is InChI=1S/C12H15N5O/c1-8-3-4-14-6-9(8)12(17-13)10-5-11(18-2)16-7-15-10/h3-7,12,17H,13H2,1-2H3. The largest absolute Gasteiger partial charge is 0.481 e. The summed E-state index contributed by atoms with van der Waals surface area (Å²) in [6.45, 7) is 2.00. The lowest BCUT2D eigenvalue weighted by Crippen LogP contribution is -2.30. The number of nitrogens with one attached hydrogen (secondary N) is 1. The van der Waals surface area contributed by atoms with Crippen LogP contribution in [0.2, 0.25) is 0 Å². The second kappa shape index (κ2) is 5.52. The normalized spacial score (nSPS) is 12.2. The van der Waals surface area contributed by atoms with Gasteiger partial charge in [0.25, 0.3) is 0 Å². The van der Waals surface area contributed by atoms with Gasteiger partial charge in [-0.05, 0) is 24.1 Å².